The van der Waals surface area contributed by atoms with Gasteiger partial charge < -0.3 is 10.1 Å². The van der Waals surface area contributed by atoms with Crippen molar-refractivity contribution in [1.29, 1.82) is 0 Å². The molecule has 0 aliphatic carbocycles. The SMILES string of the molecule is CCOc1ccc(CC(=O)Nc2cccnc2C)cc1. The van der Waals surface area contributed by atoms with E-state index in [2.05, 4.69) is 10.3 Å². The molecule has 1 N–H and O–H groups in total. The van der Waals surface area contributed by atoms with E-state index < -0.39 is 0 Å². The Morgan fingerprint density at radius 3 is 2.65 bits per heavy atom. The zero-order valence-corrected chi connectivity index (χ0v) is 11.7. The van der Waals surface area contributed by atoms with Crippen LogP contribution in [-0.2, 0) is 11.2 Å². The monoisotopic (exact) mass is 270 g/mol. The second kappa shape index (κ2) is 6.70. The summed E-state index contributed by atoms with van der Waals surface area (Å²) in [6, 6.07) is 11.2. The smallest absolute Gasteiger partial charge is 0.228 e. The molecule has 1 aromatic carbocycles. The fraction of sp³-hybridized carbons (Fsp3) is 0.250. The maximum absolute atomic E-state index is 12.0. The zero-order valence-electron chi connectivity index (χ0n) is 11.7. The summed E-state index contributed by atoms with van der Waals surface area (Å²) in [6.07, 6.45) is 2.04. The minimum Gasteiger partial charge on any atom is -0.494 e. The van der Waals surface area contributed by atoms with Gasteiger partial charge in [0.25, 0.3) is 0 Å². The van der Waals surface area contributed by atoms with Gasteiger partial charge in [-0.15, -0.1) is 0 Å². The molecule has 4 heteroatoms. The molecule has 0 atom stereocenters. The number of aromatic nitrogens is 1. The van der Waals surface area contributed by atoms with E-state index in [9.17, 15) is 4.79 Å². The van der Waals surface area contributed by atoms with E-state index in [0.29, 0.717) is 13.0 Å². The third-order valence-corrected chi connectivity index (χ3v) is 2.88. The van der Waals surface area contributed by atoms with Crippen LogP contribution in [-0.4, -0.2) is 17.5 Å². The van der Waals surface area contributed by atoms with Crippen LogP contribution in [0.5, 0.6) is 5.75 Å². The first-order chi connectivity index (χ1) is 9.69. The Morgan fingerprint density at radius 1 is 1.25 bits per heavy atom. The number of ether oxygens (including phenoxy) is 1. The van der Waals surface area contributed by atoms with Gasteiger partial charge >= 0.3 is 0 Å². The van der Waals surface area contributed by atoms with Crippen molar-refractivity contribution >= 4 is 11.6 Å². The van der Waals surface area contributed by atoms with Crippen molar-refractivity contribution in [2.75, 3.05) is 11.9 Å². The van der Waals surface area contributed by atoms with Crippen LogP contribution >= 0.6 is 0 Å². The molecule has 2 rings (SSSR count). The summed E-state index contributed by atoms with van der Waals surface area (Å²) in [7, 11) is 0. The lowest BCUT2D eigenvalue weighted by atomic mass is 10.1. The predicted octanol–water partition coefficient (Wildman–Crippen LogP) is 2.97. The van der Waals surface area contributed by atoms with Crippen LogP contribution in [0.25, 0.3) is 0 Å². The van der Waals surface area contributed by atoms with Crippen LogP contribution in [0.15, 0.2) is 42.6 Å². The van der Waals surface area contributed by atoms with E-state index in [-0.39, 0.29) is 5.91 Å². The number of hydrogen-bond donors (Lipinski definition) is 1. The Balaban J connectivity index is 1.96. The Hall–Kier alpha value is -2.36. The van der Waals surface area contributed by atoms with Gasteiger partial charge in [-0.2, -0.15) is 0 Å². The molecule has 0 fully saturated rings. The maximum atomic E-state index is 12.0. The number of rotatable bonds is 5. The number of pyridine rings is 1. The molecule has 0 radical (unpaired) electrons. The minimum atomic E-state index is -0.0507. The van der Waals surface area contributed by atoms with E-state index in [0.717, 1.165) is 22.7 Å². The molecule has 104 valence electrons. The highest BCUT2D eigenvalue weighted by atomic mass is 16.5. The van der Waals surface area contributed by atoms with Gasteiger partial charge in [-0.3, -0.25) is 9.78 Å². The quantitative estimate of drug-likeness (QED) is 0.908. The second-order valence-corrected chi connectivity index (χ2v) is 4.44. The molecule has 2 aromatic rings. The topological polar surface area (TPSA) is 51.2 Å². The molecule has 4 nitrogen and oxygen atoms in total. The molecule has 1 aromatic heterocycles. The Labute approximate surface area is 118 Å². The summed E-state index contributed by atoms with van der Waals surface area (Å²) in [4.78, 5) is 16.1. The molecule has 0 saturated carbocycles. The first kappa shape index (κ1) is 14.1. The third-order valence-electron chi connectivity index (χ3n) is 2.88. The summed E-state index contributed by atoms with van der Waals surface area (Å²) >= 11 is 0. The zero-order chi connectivity index (χ0) is 14.4. The van der Waals surface area contributed by atoms with Crippen molar-refractivity contribution in [3.8, 4) is 5.75 Å². The second-order valence-electron chi connectivity index (χ2n) is 4.44. The molecule has 20 heavy (non-hydrogen) atoms. The Kier molecular flexibility index (Phi) is 4.71. The normalized spacial score (nSPS) is 10.1. The number of benzene rings is 1. The largest absolute Gasteiger partial charge is 0.494 e. The Morgan fingerprint density at radius 2 is 2.00 bits per heavy atom. The van der Waals surface area contributed by atoms with E-state index in [1.54, 1.807) is 12.3 Å². The van der Waals surface area contributed by atoms with Crippen molar-refractivity contribution in [3.05, 3.63) is 53.9 Å². The van der Waals surface area contributed by atoms with Crippen molar-refractivity contribution in [2.24, 2.45) is 0 Å². The number of amides is 1. The van der Waals surface area contributed by atoms with Gasteiger partial charge in [-0.25, -0.2) is 0 Å². The van der Waals surface area contributed by atoms with Crippen LogP contribution in [0.1, 0.15) is 18.2 Å². The molecular weight excluding hydrogens is 252 g/mol. The molecule has 0 aliphatic rings. The number of anilines is 1. The standard InChI is InChI=1S/C16H18N2O2/c1-3-20-14-8-6-13(7-9-14)11-16(19)18-15-5-4-10-17-12(15)2/h4-10H,3,11H2,1-2H3,(H,18,19). The average Bonchev–Trinajstić information content (AvgIpc) is 2.44. The summed E-state index contributed by atoms with van der Waals surface area (Å²) < 4.78 is 5.37. The molecule has 1 heterocycles. The lowest BCUT2D eigenvalue weighted by Gasteiger charge is -2.08. The van der Waals surface area contributed by atoms with Gasteiger partial charge in [0.15, 0.2) is 0 Å². The van der Waals surface area contributed by atoms with Crippen LogP contribution in [0, 0.1) is 6.92 Å². The highest BCUT2D eigenvalue weighted by Gasteiger charge is 2.06. The molecule has 0 spiro atoms. The van der Waals surface area contributed by atoms with Gasteiger partial charge in [0.1, 0.15) is 5.75 Å². The van der Waals surface area contributed by atoms with Crippen molar-refractivity contribution in [3.63, 3.8) is 0 Å². The van der Waals surface area contributed by atoms with Crippen molar-refractivity contribution < 1.29 is 9.53 Å². The van der Waals surface area contributed by atoms with Gasteiger partial charge in [0.05, 0.1) is 24.4 Å². The van der Waals surface area contributed by atoms with E-state index in [4.69, 9.17) is 4.74 Å². The average molecular weight is 270 g/mol. The molecular formula is C16H18N2O2. The number of aryl methyl sites for hydroxylation is 1. The van der Waals surface area contributed by atoms with E-state index >= 15 is 0 Å². The molecule has 0 unspecified atom stereocenters. The van der Waals surface area contributed by atoms with Gasteiger partial charge in [0, 0.05) is 6.20 Å². The van der Waals surface area contributed by atoms with Crippen molar-refractivity contribution in [2.45, 2.75) is 20.3 Å². The van der Waals surface area contributed by atoms with Crippen molar-refractivity contribution in [1.82, 2.24) is 4.98 Å². The first-order valence-electron chi connectivity index (χ1n) is 6.62. The first-order valence-corrected chi connectivity index (χ1v) is 6.62. The van der Waals surface area contributed by atoms with E-state index in [1.165, 1.54) is 0 Å². The minimum absolute atomic E-state index is 0.0507. The summed E-state index contributed by atoms with van der Waals surface area (Å²) in [5.41, 5.74) is 2.52. The number of hydrogen-bond acceptors (Lipinski definition) is 3. The van der Waals surface area contributed by atoms with Crippen LogP contribution in [0.3, 0.4) is 0 Å². The van der Waals surface area contributed by atoms with Gasteiger partial charge in [-0.05, 0) is 43.7 Å². The van der Waals surface area contributed by atoms with E-state index in [1.807, 2.05) is 44.2 Å². The lowest BCUT2D eigenvalue weighted by Crippen LogP contribution is -2.15. The summed E-state index contributed by atoms with van der Waals surface area (Å²) in [5.74, 6) is 0.769. The molecule has 0 aliphatic heterocycles. The fourth-order valence-electron chi connectivity index (χ4n) is 1.87. The lowest BCUT2D eigenvalue weighted by molar-refractivity contribution is -0.115. The van der Waals surface area contributed by atoms with Gasteiger partial charge in [0.2, 0.25) is 5.91 Å². The number of carbonyl (C=O) groups excluding carboxylic acids is 1. The summed E-state index contributed by atoms with van der Waals surface area (Å²) in [5, 5.41) is 2.87. The molecule has 0 saturated heterocycles. The highest BCUT2D eigenvalue weighted by molar-refractivity contribution is 5.92. The fourth-order valence-corrected chi connectivity index (χ4v) is 1.87. The third kappa shape index (κ3) is 3.82. The number of carbonyl (C=O) groups is 1. The van der Waals surface area contributed by atoms with Crippen LogP contribution in [0.4, 0.5) is 5.69 Å². The summed E-state index contributed by atoms with van der Waals surface area (Å²) in [6.45, 7) is 4.45. The number of nitrogens with one attached hydrogen (secondary N) is 1. The molecule has 0 bridgehead atoms. The van der Waals surface area contributed by atoms with Crippen LogP contribution in [0.2, 0.25) is 0 Å². The highest BCUT2D eigenvalue weighted by Crippen LogP contribution is 2.14. The molecule has 1 amide bonds. The van der Waals surface area contributed by atoms with Gasteiger partial charge in [-0.1, -0.05) is 12.1 Å². The Bertz CT molecular complexity index is 579. The maximum Gasteiger partial charge on any atom is 0.228 e. The number of nitrogens with zero attached hydrogens (tertiary/aromatic N) is 1. The van der Waals surface area contributed by atoms with Crippen LogP contribution < -0.4 is 10.1 Å². The predicted molar refractivity (Wildman–Crippen MR) is 78.9 cm³/mol.